The molecular weight excluding hydrogens is 304 g/mol. The monoisotopic (exact) mass is 326 g/mol. The Hall–Kier alpha value is -2.56. The van der Waals surface area contributed by atoms with Gasteiger partial charge in [-0.1, -0.05) is 38.1 Å². The minimum atomic E-state index is -0.669. The van der Waals surface area contributed by atoms with Crippen molar-refractivity contribution in [2.75, 3.05) is 7.11 Å². The van der Waals surface area contributed by atoms with E-state index in [9.17, 15) is 9.59 Å². The van der Waals surface area contributed by atoms with Crippen LogP contribution in [0.5, 0.6) is 0 Å². The van der Waals surface area contributed by atoms with Gasteiger partial charge in [0.15, 0.2) is 0 Å². The number of ether oxygens (including phenoxy) is 1. The molecule has 0 unspecified atom stereocenters. The Labute approximate surface area is 141 Å². The van der Waals surface area contributed by atoms with E-state index in [4.69, 9.17) is 4.74 Å². The average molecular weight is 326 g/mol. The molecule has 1 aliphatic rings. The van der Waals surface area contributed by atoms with Crippen LogP contribution in [0.4, 0.5) is 0 Å². The molecule has 1 aromatic heterocycles. The Morgan fingerprint density at radius 2 is 2.00 bits per heavy atom. The Morgan fingerprint density at radius 3 is 2.67 bits per heavy atom. The van der Waals surface area contributed by atoms with Gasteiger partial charge in [0, 0.05) is 41.6 Å². The van der Waals surface area contributed by atoms with Gasteiger partial charge in [0.25, 0.3) is 0 Å². The third kappa shape index (κ3) is 2.60. The number of carbonyl (C=O) groups is 2. The molecule has 1 aromatic carbocycles. The molecule has 5 nitrogen and oxygen atoms in total. The number of benzene rings is 1. The Balaban J connectivity index is 2.23. The zero-order valence-electron chi connectivity index (χ0n) is 14.4. The van der Waals surface area contributed by atoms with E-state index in [1.54, 1.807) is 6.20 Å². The summed E-state index contributed by atoms with van der Waals surface area (Å²) in [5, 5.41) is 1.08. The van der Waals surface area contributed by atoms with Crippen molar-refractivity contribution >= 4 is 22.8 Å². The van der Waals surface area contributed by atoms with Gasteiger partial charge in [-0.2, -0.15) is 0 Å². The van der Waals surface area contributed by atoms with Crippen molar-refractivity contribution in [2.45, 2.75) is 38.6 Å². The average Bonchev–Trinajstić information content (AvgIpc) is 2.91. The highest BCUT2D eigenvalue weighted by Crippen LogP contribution is 2.35. The highest BCUT2D eigenvalue weighted by molar-refractivity contribution is 5.88. The molecule has 1 aliphatic heterocycles. The fourth-order valence-electron chi connectivity index (χ4n) is 3.36. The normalized spacial score (nSPS) is 20.8. The highest BCUT2D eigenvalue weighted by Gasteiger charge is 2.35. The number of aromatic nitrogens is 1. The fourth-order valence-corrected chi connectivity index (χ4v) is 3.36. The quantitative estimate of drug-likeness (QED) is 0.820. The maximum Gasteiger partial charge on any atom is 0.329 e. The lowest BCUT2D eigenvalue weighted by Crippen LogP contribution is -2.44. The van der Waals surface area contributed by atoms with Crippen molar-refractivity contribution in [1.29, 1.82) is 0 Å². The van der Waals surface area contributed by atoms with Crippen molar-refractivity contribution in [2.24, 2.45) is 0 Å². The number of hydrogen-bond acceptors (Lipinski definition) is 3. The predicted molar refractivity (Wildman–Crippen MR) is 92.5 cm³/mol. The molecule has 5 heteroatoms. The van der Waals surface area contributed by atoms with Gasteiger partial charge >= 0.3 is 5.97 Å². The first-order chi connectivity index (χ1) is 11.3. The van der Waals surface area contributed by atoms with Crippen LogP contribution in [-0.4, -0.2) is 34.9 Å². The molecule has 0 fully saturated rings. The minimum absolute atomic E-state index is 0.180. The lowest BCUT2D eigenvalue weighted by atomic mass is 9.83. The number of nitrogens with zero attached hydrogens (tertiary/aromatic N) is 1. The molecule has 0 aliphatic carbocycles. The Kier molecular flexibility index (Phi) is 3.95. The molecule has 1 amide bonds. The SMILES string of the molecule is COC(=O)[C@@H]1Cc2c([nH]c3ccccc23)C(C)(C)/C=C\N1C(C)=O. The molecule has 126 valence electrons. The van der Waals surface area contributed by atoms with Gasteiger partial charge in [0.05, 0.1) is 7.11 Å². The van der Waals surface area contributed by atoms with Crippen LogP contribution < -0.4 is 0 Å². The summed E-state index contributed by atoms with van der Waals surface area (Å²) >= 11 is 0. The van der Waals surface area contributed by atoms with E-state index in [0.29, 0.717) is 6.42 Å². The van der Waals surface area contributed by atoms with Gasteiger partial charge < -0.3 is 14.6 Å². The van der Waals surface area contributed by atoms with Gasteiger partial charge in [-0.05, 0) is 11.6 Å². The molecule has 0 saturated heterocycles. The smallest absolute Gasteiger partial charge is 0.329 e. The second kappa shape index (κ2) is 5.82. The predicted octanol–water partition coefficient (Wildman–Crippen LogP) is 2.91. The maximum atomic E-state index is 12.3. The number of aromatic amines is 1. The maximum absolute atomic E-state index is 12.3. The van der Waals surface area contributed by atoms with E-state index in [0.717, 1.165) is 22.2 Å². The van der Waals surface area contributed by atoms with Crippen molar-refractivity contribution < 1.29 is 14.3 Å². The van der Waals surface area contributed by atoms with Crippen LogP contribution in [0.1, 0.15) is 32.0 Å². The summed E-state index contributed by atoms with van der Waals surface area (Å²) in [5.74, 6) is -0.591. The number of esters is 1. The zero-order chi connectivity index (χ0) is 17.5. The molecule has 3 rings (SSSR count). The number of para-hydroxylation sites is 1. The summed E-state index contributed by atoms with van der Waals surface area (Å²) in [5.41, 5.74) is 2.87. The molecule has 24 heavy (non-hydrogen) atoms. The van der Waals surface area contributed by atoms with Crippen LogP contribution in [-0.2, 0) is 26.2 Å². The molecule has 1 N–H and O–H groups in total. The number of H-pyrrole nitrogens is 1. The number of methoxy groups -OCH3 is 1. The van der Waals surface area contributed by atoms with Crippen LogP contribution >= 0.6 is 0 Å². The number of amides is 1. The molecule has 2 heterocycles. The van der Waals surface area contributed by atoms with Crippen molar-refractivity contribution in [1.82, 2.24) is 9.88 Å². The lowest BCUT2D eigenvalue weighted by molar-refractivity contribution is -0.150. The molecule has 2 aromatic rings. The third-order valence-electron chi connectivity index (χ3n) is 4.68. The van der Waals surface area contributed by atoms with E-state index in [1.165, 1.54) is 18.9 Å². The molecule has 0 spiro atoms. The first-order valence-corrected chi connectivity index (χ1v) is 8.01. The summed E-state index contributed by atoms with van der Waals surface area (Å²) in [6.45, 7) is 5.65. The van der Waals surface area contributed by atoms with E-state index in [-0.39, 0.29) is 11.3 Å². The highest BCUT2D eigenvalue weighted by atomic mass is 16.5. The van der Waals surface area contributed by atoms with E-state index in [2.05, 4.69) is 18.8 Å². The molecule has 0 radical (unpaired) electrons. The minimum Gasteiger partial charge on any atom is -0.467 e. The Morgan fingerprint density at radius 1 is 1.29 bits per heavy atom. The second-order valence-electron chi connectivity index (χ2n) is 6.73. The summed E-state index contributed by atoms with van der Waals surface area (Å²) in [4.78, 5) is 29.4. The van der Waals surface area contributed by atoms with E-state index >= 15 is 0 Å². The third-order valence-corrected chi connectivity index (χ3v) is 4.68. The van der Waals surface area contributed by atoms with Crippen molar-refractivity contribution in [3.8, 4) is 0 Å². The summed E-state index contributed by atoms with van der Waals surface area (Å²) < 4.78 is 4.95. The van der Waals surface area contributed by atoms with Crippen molar-refractivity contribution in [3.63, 3.8) is 0 Å². The van der Waals surface area contributed by atoms with Gasteiger partial charge in [-0.3, -0.25) is 4.79 Å². The van der Waals surface area contributed by atoms with Crippen LogP contribution in [0.2, 0.25) is 0 Å². The molecule has 0 saturated carbocycles. The van der Waals surface area contributed by atoms with Crippen molar-refractivity contribution in [3.05, 3.63) is 47.8 Å². The number of allylic oxidation sites excluding steroid dienone is 1. The number of rotatable bonds is 1. The molecule has 1 atom stereocenters. The summed E-state index contributed by atoms with van der Waals surface area (Å²) in [7, 11) is 1.35. The Bertz CT molecular complexity index is 832. The van der Waals surface area contributed by atoms with E-state index < -0.39 is 12.0 Å². The fraction of sp³-hybridized carbons (Fsp3) is 0.368. The summed E-state index contributed by atoms with van der Waals surface area (Å²) in [6, 6.07) is 7.36. The standard InChI is InChI=1S/C19H22N2O3/c1-12(22)21-10-9-19(2,3)17-14(11-16(21)18(23)24-4)13-7-5-6-8-15(13)20-17/h5-10,16,20H,11H2,1-4H3/b10-9-/t16-/m0/s1. The largest absolute Gasteiger partial charge is 0.467 e. The van der Waals surface area contributed by atoms with Crippen LogP contribution in [0.3, 0.4) is 0 Å². The van der Waals surface area contributed by atoms with E-state index in [1.807, 2.05) is 30.3 Å². The molecule has 0 bridgehead atoms. The number of hydrogen-bond donors (Lipinski definition) is 1. The lowest BCUT2D eigenvalue weighted by Gasteiger charge is -2.31. The second-order valence-corrected chi connectivity index (χ2v) is 6.73. The first-order valence-electron chi connectivity index (χ1n) is 8.01. The van der Waals surface area contributed by atoms with Gasteiger partial charge in [0.1, 0.15) is 6.04 Å². The van der Waals surface area contributed by atoms with Gasteiger partial charge in [-0.15, -0.1) is 0 Å². The molecular formula is C19H22N2O3. The zero-order valence-corrected chi connectivity index (χ0v) is 14.4. The van der Waals surface area contributed by atoms with Crippen LogP contribution in [0, 0.1) is 0 Å². The topological polar surface area (TPSA) is 62.4 Å². The van der Waals surface area contributed by atoms with Crippen LogP contribution in [0.15, 0.2) is 36.5 Å². The van der Waals surface area contributed by atoms with Gasteiger partial charge in [-0.25, -0.2) is 4.79 Å². The number of fused-ring (bicyclic) bond motifs is 3. The summed E-state index contributed by atoms with van der Waals surface area (Å²) in [6.07, 6.45) is 4.08. The van der Waals surface area contributed by atoms with Crippen LogP contribution in [0.25, 0.3) is 10.9 Å². The van der Waals surface area contributed by atoms with Gasteiger partial charge in [0.2, 0.25) is 5.91 Å². The number of nitrogens with one attached hydrogen (secondary N) is 1. The first kappa shape index (κ1) is 16.3. The number of carbonyl (C=O) groups excluding carboxylic acids is 2.